The smallest absolute Gasteiger partial charge is 0.744 e. The predicted octanol–water partition coefficient (Wildman–Crippen LogP) is 3.07. The van der Waals surface area contributed by atoms with Gasteiger partial charge in [0.2, 0.25) is 0 Å². The minimum Gasteiger partial charge on any atom is -0.744 e. The third kappa shape index (κ3) is 9.10. The Bertz CT molecular complexity index is 791. The second-order valence-corrected chi connectivity index (χ2v) is 8.21. The van der Waals surface area contributed by atoms with Gasteiger partial charge >= 0.3 is 29.6 Å². The van der Waals surface area contributed by atoms with Crippen molar-refractivity contribution in [1.29, 1.82) is 0 Å². The van der Waals surface area contributed by atoms with E-state index < -0.39 is 10.1 Å². The molecule has 2 aromatic carbocycles. The number of hydrogen-bond donors (Lipinski definition) is 0. The van der Waals surface area contributed by atoms with Crippen LogP contribution in [0.1, 0.15) is 63.9 Å². The first kappa shape index (κ1) is 25.2. The van der Waals surface area contributed by atoms with Gasteiger partial charge in [0.25, 0.3) is 0 Å². The fraction of sp³-hybridized carbons (Fsp3) is 0.455. The third-order valence-corrected chi connectivity index (χ3v) is 5.52. The Morgan fingerprint density at radius 3 is 2.04 bits per heavy atom. The van der Waals surface area contributed by atoms with Crippen LogP contribution in [-0.2, 0) is 16.5 Å². The summed E-state index contributed by atoms with van der Waals surface area (Å²) in [5, 5.41) is 0. The maximum absolute atomic E-state index is 11.6. The van der Waals surface area contributed by atoms with E-state index in [9.17, 15) is 13.0 Å². The quantitative estimate of drug-likeness (QED) is 0.305. The van der Waals surface area contributed by atoms with E-state index in [2.05, 4.69) is 6.92 Å². The van der Waals surface area contributed by atoms with Gasteiger partial charge in [-0.3, -0.25) is 0 Å². The SMILES string of the molecule is CCCCCCCCCCc1cc(Oc2ccccc2)ccc1S(=O)(=O)[O-].[Na+]. The van der Waals surface area contributed by atoms with E-state index in [4.69, 9.17) is 4.74 Å². The molecule has 0 heterocycles. The molecule has 0 spiro atoms. The Balaban J connectivity index is 0.00000392. The Kier molecular flexibility index (Phi) is 12.0. The molecule has 2 rings (SSSR count). The largest absolute Gasteiger partial charge is 1.00 e. The topological polar surface area (TPSA) is 66.4 Å². The molecule has 148 valence electrons. The number of unbranched alkanes of at least 4 members (excludes halogenated alkanes) is 7. The first-order chi connectivity index (χ1) is 13.0. The normalized spacial score (nSPS) is 11.1. The van der Waals surface area contributed by atoms with Crippen molar-refractivity contribution in [1.82, 2.24) is 0 Å². The summed E-state index contributed by atoms with van der Waals surface area (Å²) < 4.78 is 40.5. The number of benzene rings is 2. The second kappa shape index (κ2) is 13.4. The maximum Gasteiger partial charge on any atom is 1.00 e. The van der Waals surface area contributed by atoms with E-state index in [1.165, 1.54) is 44.2 Å². The van der Waals surface area contributed by atoms with Crippen LogP contribution in [0.15, 0.2) is 53.4 Å². The summed E-state index contributed by atoms with van der Waals surface area (Å²) in [6, 6.07) is 13.9. The van der Waals surface area contributed by atoms with Crippen molar-refractivity contribution in [3.8, 4) is 11.5 Å². The van der Waals surface area contributed by atoms with Gasteiger partial charge in [0, 0.05) is 0 Å². The third-order valence-electron chi connectivity index (χ3n) is 4.58. The number of hydrogen-bond acceptors (Lipinski definition) is 4. The summed E-state index contributed by atoms with van der Waals surface area (Å²) in [7, 11) is -4.49. The summed E-state index contributed by atoms with van der Waals surface area (Å²) in [5.74, 6) is 1.22. The number of rotatable bonds is 12. The molecule has 0 unspecified atom stereocenters. The maximum atomic E-state index is 11.6. The Hall–Kier alpha value is -0.850. The van der Waals surface area contributed by atoms with Gasteiger partial charge in [0.15, 0.2) is 0 Å². The van der Waals surface area contributed by atoms with Crippen molar-refractivity contribution in [2.24, 2.45) is 0 Å². The van der Waals surface area contributed by atoms with E-state index in [1.807, 2.05) is 30.3 Å². The van der Waals surface area contributed by atoms with Crippen molar-refractivity contribution < 1.29 is 47.3 Å². The molecule has 0 radical (unpaired) electrons. The van der Waals surface area contributed by atoms with Crippen LogP contribution in [0.2, 0.25) is 0 Å². The molecule has 6 heteroatoms. The van der Waals surface area contributed by atoms with E-state index in [0.29, 0.717) is 23.5 Å². The van der Waals surface area contributed by atoms with Crippen molar-refractivity contribution >= 4 is 10.1 Å². The zero-order chi connectivity index (χ0) is 19.5. The number of aryl methyl sites for hydroxylation is 1. The van der Waals surface area contributed by atoms with Crippen molar-refractivity contribution in [2.45, 2.75) is 69.6 Å². The summed E-state index contributed by atoms with van der Waals surface area (Å²) in [6.45, 7) is 2.21. The molecule has 0 aromatic heterocycles. The molecule has 2 aromatic rings. The minimum absolute atomic E-state index is 0. The van der Waals surface area contributed by atoms with Crippen molar-refractivity contribution in [3.05, 3.63) is 54.1 Å². The predicted molar refractivity (Wildman–Crippen MR) is 107 cm³/mol. The van der Waals surface area contributed by atoms with Crippen LogP contribution in [0, 0.1) is 0 Å². The molecule has 0 fully saturated rings. The van der Waals surface area contributed by atoms with Crippen LogP contribution in [0.3, 0.4) is 0 Å². The Morgan fingerprint density at radius 1 is 0.821 bits per heavy atom. The van der Waals surface area contributed by atoms with Gasteiger partial charge in [-0.1, -0.05) is 70.1 Å². The van der Waals surface area contributed by atoms with Gasteiger partial charge in [0.05, 0.1) is 4.90 Å². The van der Waals surface area contributed by atoms with Gasteiger partial charge in [-0.05, 0) is 48.7 Å². The van der Waals surface area contributed by atoms with Gasteiger partial charge in [0.1, 0.15) is 21.6 Å². The molecular formula is C22H29NaO4S. The zero-order valence-electron chi connectivity index (χ0n) is 17.0. The van der Waals surface area contributed by atoms with E-state index >= 15 is 0 Å². The van der Waals surface area contributed by atoms with Crippen LogP contribution in [0.5, 0.6) is 11.5 Å². The first-order valence-corrected chi connectivity index (χ1v) is 11.2. The number of ether oxygens (including phenoxy) is 1. The molecule has 0 aliphatic heterocycles. The van der Waals surface area contributed by atoms with Gasteiger partial charge in [-0.15, -0.1) is 0 Å². The molecule has 0 amide bonds. The average Bonchev–Trinajstić information content (AvgIpc) is 2.64. The Labute approximate surface area is 191 Å². The fourth-order valence-corrected chi connectivity index (χ4v) is 3.85. The van der Waals surface area contributed by atoms with E-state index in [1.54, 1.807) is 6.07 Å². The Morgan fingerprint density at radius 2 is 1.43 bits per heavy atom. The summed E-state index contributed by atoms with van der Waals surface area (Å²) in [5.41, 5.74) is 0.546. The van der Waals surface area contributed by atoms with Crippen LogP contribution < -0.4 is 34.3 Å². The molecule has 0 aliphatic rings. The first-order valence-electron chi connectivity index (χ1n) is 9.82. The molecule has 0 aliphatic carbocycles. The van der Waals surface area contributed by atoms with Gasteiger partial charge in [-0.25, -0.2) is 8.42 Å². The summed E-state index contributed by atoms with van der Waals surface area (Å²) >= 11 is 0. The van der Waals surface area contributed by atoms with Gasteiger partial charge in [-0.2, -0.15) is 0 Å². The molecule has 0 N–H and O–H groups in total. The molecule has 0 bridgehead atoms. The van der Waals surface area contributed by atoms with Crippen LogP contribution >= 0.6 is 0 Å². The fourth-order valence-electron chi connectivity index (χ4n) is 3.13. The minimum atomic E-state index is -4.49. The van der Waals surface area contributed by atoms with Crippen molar-refractivity contribution in [2.75, 3.05) is 0 Å². The van der Waals surface area contributed by atoms with Crippen molar-refractivity contribution in [3.63, 3.8) is 0 Å². The summed E-state index contributed by atoms with van der Waals surface area (Å²) in [4.78, 5) is -0.133. The van der Waals surface area contributed by atoms with Gasteiger partial charge < -0.3 is 9.29 Å². The second-order valence-electron chi connectivity index (χ2n) is 6.86. The van der Waals surface area contributed by atoms with E-state index in [-0.39, 0.29) is 34.5 Å². The average molecular weight is 413 g/mol. The molecular weight excluding hydrogens is 383 g/mol. The molecule has 0 atom stereocenters. The summed E-state index contributed by atoms with van der Waals surface area (Å²) in [6.07, 6.45) is 9.90. The molecule has 0 saturated heterocycles. The monoisotopic (exact) mass is 412 g/mol. The zero-order valence-corrected chi connectivity index (χ0v) is 19.8. The van der Waals surface area contributed by atoms with Crippen LogP contribution in [0.4, 0.5) is 0 Å². The number of para-hydroxylation sites is 1. The van der Waals surface area contributed by atoms with Crippen LogP contribution in [0.25, 0.3) is 0 Å². The van der Waals surface area contributed by atoms with Crippen LogP contribution in [-0.4, -0.2) is 13.0 Å². The molecule has 0 saturated carbocycles. The van der Waals surface area contributed by atoms with E-state index in [0.717, 1.165) is 19.3 Å². The molecule has 28 heavy (non-hydrogen) atoms. The standard InChI is InChI=1S/C22H30O4S.Na/c1-2-3-4-5-6-7-8-10-13-19-18-21(16-17-22(19)27(23,24)25)26-20-14-11-9-12-15-20;/h9,11-12,14-18H,2-8,10,13H2,1H3,(H,23,24,25);/q;+1/p-1. The molecule has 4 nitrogen and oxygen atoms in total.